The van der Waals surface area contributed by atoms with Crippen molar-refractivity contribution in [1.29, 1.82) is 0 Å². The summed E-state index contributed by atoms with van der Waals surface area (Å²) in [6, 6.07) is 11.4. The van der Waals surface area contributed by atoms with E-state index in [-0.39, 0.29) is 5.56 Å². The van der Waals surface area contributed by atoms with Crippen molar-refractivity contribution in [2.75, 3.05) is 7.11 Å². The van der Waals surface area contributed by atoms with Crippen molar-refractivity contribution in [2.45, 2.75) is 0 Å². The predicted octanol–water partition coefficient (Wildman–Crippen LogP) is 3.44. The molecule has 1 nitrogen and oxygen atoms in total. The Morgan fingerprint density at radius 2 is 1.75 bits per heavy atom. The van der Waals surface area contributed by atoms with Gasteiger partial charge in [-0.3, -0.25) is 0 Å². The lowest BCUT2D eigenvalue weighted by atomic mass is 10.0. The van der Waals surface area contributed by atoms with Gasteiger partial charge in [-0.25, -0.2) is 8.78 Å². The van der Waals surface area contributed by atoms with Crippen molar-refractivity contribution in [3.63, 3.8) is 0 Å². The van der Waals surface area contributed by atoms with Gasteiger partial charge in [0.15, 0.2) is 0 Å². The molecule has 2 rings (SSSR count). The fourth-order valence-corrected chi connectivity index (χ4v) is 1.54. The van der Waals surface area contributed by atoms with Crippen molar-refractivity contribution in [3.05, 3.63) is 54.1 Å². The zero-order chi connectivity index (χ0) is 11.5. The number of benzene rings is 2. The number of hydrogen-bond donors (Lipinski definition) is 0. The third-order valence-electron chi connectivity index (χ3n) is 2.25. The molecule has 0 aliphatic heterocycles. The molecule has 0 aromatic heterocycles. The Labute approximate surface area is 92.3 Å². The van der Waals surface area contributed by atoms with Gasteiger partial charge in [-0.05, 0) is 12.1 Å². The van der Waals surface area contributed by atoms with Gasteiger partial charge in [0.2, 0.25) is 0 Å². The molecular formula is C13H9F2O. The Morgan fingerprint density at radius 3 is 2.38 bits per heavy atom. The van der Waals surface area contributed by atoms with E-state index in [1.54, 1.807) is 18.2 Å². The SMILES string of the molecule is COc1[c]cccc1-c1c(F)cccc1F. The number of methoxy groups -OCH3 is 1. The van der Waals surface area contributed by atoms with E-state index in [1.807, 2.05) is 0 Å². The fourth-order valence-electron chi connectivity index (χ4n) is 1.54. The zero-order valence-electron chi connectivity index (χ0n) is 8.63. The van der Waals surface area contributed by atoms with Crippen molar-refractivity contribution in [1.82, 2.24) is 0 Å². The van der Waals surface area contributed by atoms with Crippen LogP contribution >= 0.6 is 0 Å². The van der Waals surface area contributed by atoms with E-state index in [0.717, 1.165) is 0 Å². The van der Waals surface area contributed by atoms with Crippen LogP contribution in [0.25, 0.3) is 11.1 Å². The molecule has 0 bridgehead atoms. The summed E-state index contributed by atoms with van der Waals surface area (Å²) in [6.45, 7) is 0. The summed E-state index contributed by atoms with van der Waals surface area (Å²) in [6.07, 6.45) is 0. The van der Waals surface area contributed by atoms with Crippen molar-refractivity contribution in [2.24, 2.45) is 0 Å². The third kappa shape index (κ3) is 1.76. The molecule has 3 heteroatoms. The van der Waals surface area contributed by atoms with Crippen LogP contribution in [0.4, 0.5) is 8.78 Å². The van der Waals surface area contributed by atoms with Gasteiger partial charge in [0, 0.05) is 11.6 Å². The molecule has 0 aliphatic rings. The highest BCUT2D eigenvalue weighted by molar-refractivity contribution is 5.71. The maximum atomic E-state index is 13.5. The lowest BCUT2D eigenvalue weighted by Crippen LogP contribution is -1.93. The summed E-state index contributed by atoms with van der Waals surface area (Å²) in [5.41, 5.74) is 0.275. The van der Waals surface area contributed by atoms with E-state index >= 15 is 0 Å². The Bertz CT molecular complexity index is 489. The lowest BCUT2D eigenvalue weighted by molar-refractivity contribution is 0.415. The standard InChI is InChI=1S/C13H9F2O/c1-16-12-8-3-2-5-9(12)13-10(14)6-4-7-11(13)15/h2-7H,1H3. The van der Waals surface area contributed by atoms with Gasteiger partial charge in [-0.1, -0.05) is 24.3 Å². The van der Waals surface area contributed by atoms with E-state index in [2.05, 4.69) is 6.07 Å². The van der Waals surface area contributed by atoms with E-state index in [1.165, 1.54) is 25.3 Å². The Kier molecular flexibility index (Phi) is 2.86. The van der Waals surface area contributed by atoms with Crippen LogP contribution in [-0.2, 0) is 0 Å². The molecule has 0 fully saturated rings. The highest BCUT2D eigenvalue weighted by atomic mass is 19.1. The van der Waals surface area contributed by atoms with Gasteiger partial charge in [-0.15, -0.1) is 0 Å². The molecule has 0 heterocycles. The van der Waals surface area contributed by atoms with E-state index in [9.17, 15) is 8.78 Å². The highest BCUT2D eigenvalue weighted by Crippen LogP contribution is 2.32. The Hall–Kier alpha value is -1.90. The van der Waals surface area contributed by atoms with Gasteiger partial charge in [-0.2, -0.15) is 0 Å². The van der Waals surface area contributed by atoms with Crippen LogP contribution in [0.3, 0.4) is 0 Å². The van der Waals surface area contributed by atoms with Crippen LogP contribution in [0.2, 0.25) is 0 Å². The van der Waals surface area contributed by atoms with Crippen LogP contribution in [0.1, 0.15) is 0 Å². The number of rotatable bonds is 2. The van der Waals surface area contributed by atoms with E-state index in [4.69, 9.17) is 4.74 Å². The molecule has 0 saturated heterocycles. The zero-order valence-corrected chi connectivity index (χ0v) is 8.63. The molecule has 0 unspecified atom stereocenters. The molecule has 16 heavy (non-hydrogen) atoms. The molecule has 2 aromatic carbocycles. The number of ether oxygens (including phenoxy) is 1. The van der Waals surface area contributed by atoms with Gasteiger partial charge in [0.1, 0.15) is 17.4 Å². The second-order valence-corrected chi connectivity index (χ2v) is 3.21. The topological polar surface area (TPSA) is 9.23 Å². The van der Waals surface area contributed by atoms with Crippen molar-refractivity contribution < 1.29 is 13.5 Å². The number of halogens is 2. The average molecular weight is 219 g/mol. The summed E-state index contributed by atoms with van der Waals surface area (Å²) < 4.78 is 32.1. The van der Waals surface area contributed by atoms with E-state index in [0.29, 0.717) is 11.3 Å². The summed E-state index contributed by atoms with van der Waals surface area (Å²) >= 11 is 0. The summed E-state index contributed by atoms with van der Waals surface area (Å²) in [4.78, 5) is 0. The minimum Gasteiger partial charge on any atom is -0.495 e. The predicted molar refractivity (Wildman–Crippen MR) is 57.2 cm³/mol. The second kappa shape index (κ2) is 4.31. The first kappa shape index (κ1) is 10.6. The largest absolute Gasteiger partial charge is 0.495 e. The molecule has 0 saturated carbocycles. The Balaban J connectivity index is 2.67. The molecular weight excluding hydrogens is 210 g/mol. The molecule has 2 aromatic rings. The first-order valence-electron chi connectivity index (χ1n) is 4.73. The minimum absolute atomic E-state index is 0.0869. The Morgan fingerprint density at radius 1 is 1.06 bits per heavy atom. The quantitative estimate of drug-likeness (QED) is 0.751. The van der Waals surface area contributed by atoms with Gasteiger partial charge in [0.05, 0.1) is 12.7 Å². The molecule has 0 amide bonds. The smallest absolute Gasteiger partial charge is 0.134 e. The van der Waals surface area contributed by atoms with Crippen LogP contribution in [-0.4, -0.2) is 7.11 Å². The normalized spacial score (nSPS) is 10.2. The maximum Gasteiger partial charge on any atom is 0.134 e. The van der Waals surface area contributed by atoms with E-state index < -0.39 is 11.6 Å². The first-order chi connectivity index (χ1) is 7.74. The molecule has 0 aliphatic carbocycles. The molecule has 0 spiro atoms. The van der Waals surface area contributed by atoms with Crippen LogP contribution in [0.5, 0.6) is 5.75 Å². The monoisotopic (exact) mass is 219 g/mol. The van der Waals surface area contributed by atoms with Crippen LogP contribution in [0.15, 0.2) is 36.4 Å². The second-order valence-electron chi connectivity index (χ2n) is 3.21. The van der Waals surface area contributed by atoms with Gasteiger partial charge < -0.3 is 4.74 Å². The molecule has 81 valence electrons. The lowest BCUT2D eigenvalue weighted by Gasteiger charge is -2.09. The summed E-state index contributed by atoms with van der Waals surface area (Å²) in [5.74, 6) is -0.901. The van der Waals surface area contributed by atoms with Crippen molar-refractivity contribution >= 4 is 0 Å². The average Bonchev–Trinajstić information content (AvgIpc) is 2.29. The minimum atomic E-state index is -0.613. The summed E-state index contributed by atoms with van der Waals surface area (Å²) in [7, 11) is 1.44. The van der Waals surface area contributed by atoms with Gasteiger partial charge in [0.25, 0.3) is 0 Å². The van der Waals surface area contributed by atoms with Gasteiger partial charge >= 0.3 is 0 Å². The summed E-state index contributed by atoms with van der Waals surface area (Å²) in [5, 5.41) is 0. The molecule has 0 N–H and O–H groups in total. The maximum absolute atomic E-state index is 13.5. The highest BCUT2D eigenvalue weighted by Gasteiger charge is 2.14. The number of para-hydroxylation sites is 1. The van der Waals surface area contributed by atoms with Crippen LogP contribution in [0, 0.1) is 17.7 Å². The fraction of sp³-hybridized carbons (Fsp3) is 0.0769. The first-order valence-corrected chi connectivity index (χ1v) is 4.73. The third-order valence-corrected chi connectivity index (χ3v) is 2.25. The number of hydrogen-bond acceptors (Lipinski definition) is 1. The molecule has 0 atom stereocenters. The van der Waals surface area contributed by atoms with Crippen LogP contribution < -0.4 is 4.74 Å². The molecule has 1 radical (unpaired) electrons. The van der Waals surface area contributed by atoms with Crippen molar-refractivity contribution in [3.8, 4) is 16.9 Å².